The highest BCUT2D eigenvalue weighted by molar-refractivity contribution is 7.93. The van der Waals surface area contributed by atoms with Crippen molar-refractivity contribution < 1.29 is 59.6 Å². The number of ether oxygens (including phenoxy) is 7. The van der Waals surface area contributed by atoms with Crippen molar-refractivity contribution in [3.8, 4) is 33.8 Å². The van der Waals surface area contributed by atoms with Crippen molar-refractivity contribution in [2.24, 2.45) is 0 Å². The molecule has 1 aliphatic heterocycles. The van der Waals surface area contributed by atoms with E-state index < -0.39 is 53.3 Å². The predicted octanol–water partition coefficient (Wildman–Crippen LogP) is 8.32. The van der Waals surface area contributed by atoms with Crippen molar-refractivity contribution in [3.05, 3.63) is 97.1 Å². The molecule has 0 bridgehead atoms. The number of sulfone groups is 2. The summed E-state index contributed by atoms with van der Waals surface area (Å²) in [6.45, 7) is 17.9. The van der Waals surface area contributed by atoms with E-state index in [1.54, 1.807) is 77.9 Å². The molecule has 0 spiro atoms. The minimum Gasteiger partial charge on any atom is -0.491 e. The van der Waals surface area contributed by atoms with Crippen LogP contribution in [0.5, 0.6) is 11.5 Å². The highest BCUT2D eigenvalue weighted by atomic mass is 32.2. The van der Waals surface area contributed by atoms with Gasteiger partial charge in [0.25, 0.3) is 0 Å². The van der Waals surface area contributed by atoms with Crippen molar-refractivity contribution in [1.29, 1.82) is 0 Å². The number of rotatable bonds is 18. The van der Waals surface area contributed by atoms with Crippen molar-refractivity contribution >= 4 is 31.6 Å². The average molecular weight is 911 g/mol. The van der Waals surface area contributed by atoms with Gasteiger partial charge in [0.1, 0.15) is 35.9 Å². The summed E-state index contributed by atoms with van der Waals surface area (Å²) in [4.78, 5) is 25.2. The van der Waals surface area contributed by atoms with Crippen LogP contribution in [0.2, 0.25) is 0 Å². The molecule has 63 heavy (non-hydrogen) atoms. The van der Waals surface area contributed by atoms with Crippen LogP contribution < -0.4 is 9.47 Å². The fraction of sp³-hybridized carbons (Fsp3) is 0.458. The number of carbonyl (C=O) groups is 2. The Balaban J connectivity index is 0.000000280. The average Bonchev–Trinajstić information content (AvgIpc) is 3.23. The minimum atomic E-state index is -4.00. The second kappa shape index (κ2) is 22.7. The molecule has 0 N–H and O–H groups in total. The van der Waals surface area contributed by atoms with E-state index in [4.69, 9.17) is 33.2 Å². The molecule has 5 rings (SSSR count). The smallest absolute Gasteiger partial charge is 0.328 e. The summed E-state index contributed by atoms with van der Waals surface area (Å²) in [5.74, 6) is -0.683. The van der Waals surface area contributed by atoms with Gasteiger partial charge in [-0.05, 0) is 126 Å². The van der Waals surface area contributed by atoms with Crippen LogP contribution in [0.3, 0.4) is 0 Å². The van der Waals surface area contributed by atoms with Crippen molar-refractivity contribution in [1.82, 2.24) is 0 Å². The standard InChI is InChI=1S/C26H34O7S.C22H28O6S/c1-5-30-18-19-32-22-10-6-20(7-11-22)21-8-12-23(13-9-21)34(28,29)26(14-16-31-17-15-26)24(27)33-25(2,3)4;1-5-26-14-15-27-19-10-6-17(7-11-19)18-8-12-20(13-9-18)29(24,25)16-21(23)28-22(2,3)4/h6-13H,5,14-19H2,1-4H3;6-13H,5,14-16H2,1-4H3. The molecule has 13 nitrogen and oxygen atoms in total. The topological polar surface area (TPSA) is 167 Å². The van der Waals surface area contributed by atoms with E-state index in [1.807, 2.05) is 62.4 Å². The SMILES string of the molecule is CCOCCOc1ccc(-c2ccc(S(=O)(=O)C3(C(=O)OC(C)(C)C)CCOCC3)cc2)cc1.CCOCCOc1ccc(-c2ccc(S(=O)(=O)CC(=O)OC(C)(C)C)cc2)cc1. The fourth-order valence-corrected chi connectivity index (χ4v) is 9.38. The summed E-state index contributed by atoms with van der Waals surface area (Å²) in [5.41, 5.74) is 2.06. The molecule has 0 radical (unpaired) electrons. The molecule has 0 atom stereocenters. The Hall–Kier alpha value is -4.80. The lowest BCUT2D eigenvalue weighted by molar-refractivity contribution is -0.161. The van der Waals surface area contributed by atoms with Gasteiger partial charge in [-0.25, -0.2) is 16.8 Å². The summed E-state index contributed by atoms with van der Waals surface area (Å²) in [7, 11) is -7.76. The van der Waals surface area contributed by atoms with E-state index in [2.05, 4.69) is 0 Å². The van der Waals surface area contributed by atoms with Gasteiger partial charge in [-0.15, -0.1) is 0 Å². The van der Waals surface area contributed by atoms with Gasteiger partial charge in [0.05, 0.1) is 23.0 Å². The lowest BCUT2D eigenvalue weighted by Crippen LogP contribution is -2.53. The maximum Gasteiger partial charge on any atom is 0.328 e. The minimum absolute atomic E-state index is 0.0662. The third-order valence-corrected chi connectivity index (χ3v) is 13.6. The first-order chi connectivity index (χ1) is 29.7. The van der Waals surface area contributed by atoms with E-state index in [0.717, 1.165) is 33.8 Å². The first-order valence-corrected chi connectivity index (χ1v) is 24.2. The molecule has 1 fully saturated rings. The van der Waals surface area contributed by atoms with Crippen molar-refractivity contribution in [2.45, 2.75) is 94.0 Å². The van der Waals surface area contributed by atoms with Gasteiger partial charge < -0.3 is 33.2 Å². The number of hydrogen-bond acceptors (Lipinski definition) is 13. The van der Waals surface area contributed by atoms with Gasteiger partial charge in [0.15, 0.2) is 30.2 Å². The molecule has 4 aromatic rings. The Morgan fingerprint density at radius 3 is 1.32 bits per heavy atom. The van der Waals surface area contributed by atoms with Crippen LogP contribution in [0.4, 0.5) is 0 Å². The highest BCUT2D eigenvalue weighted by Gasteiger charge is 2.54. The molecular formula is C48H62O13S2. The fourth-order valence-electron chi connectivity index (χ4n) is 6.38. The molecule has 0 saturated carbocycles. The van der Waals surface area contributed by atoms with E-state index in [-0.39, 0.29) is 35.8 Å². The molecule has 0 amide bonds. The van der Waals surface area contributed by atoms with Crippen LogP contribution in [0.25, 0.3) is 22.3 Å². The zero-order chi connectivity index (χ0) is 46.3. The molecule has 15 heteroatoms. The number of benzene rings is 4. The quantitative estimate of drug-likeness (QED) is 0.0691. The Bertz CT molecular complexity index is 2270. The van der Waals surface area contributed by atoms with E-state index >= 15 is 0 Å². The summed E-state index contributed by atoms with van der Waals surface area (Å²) >= 11 is 0. The van der Waals surface area contributed by atoms with Gasteiger partial charge in [0, 0.05) is 39.3 Å². The van der Waals surface area contributed by atoms with Crippen molar-refractivity contribution in [3.63, 3.8) is 0 Å². The Morgan fingerprint density at radius 2 is 0.937 bits per heavy atom. The van der Waals surface area contributed by atoms with Gasteiger partial charge >= 0.3 is 11.9 Å². The van der Waals surface area contributed by atoms with Gasteiger partial charge in [-0.1, -0.05) is 48.5 Å². The molecule has 1 heterocycles. The maximum absolute atomic E-state index is 13.7. The largest absolute Gasteiger partial charge is 0.491 e. The van der Waals surface area contributed by atoms with Crippen LogP contribution in [0.15, 0.2) is 107 Å². The number of carbonyl (C=O) groups excluding carboxylic acids is 2. The van der Waals surface area contributed by atoms with Crippen LogP contribution in [-0.2, 0) is 52.9 Å². The molecule has 0 aromatic heterocycles. The molecule has 0 aliphatic carbocycles. The molecule has 344 valence electrons. The van der Waals surface area contributed by atoms with Gasteiger partial charge in [-0.2, -0.15) is 0 Å². The van der Waals surface area contributed by atoms with Crippen LogP contribution in [0.1, 0.15) is 68.2 Å². The van der Waals surface area contributed by atoms with Gasteiger partial charge in [-0.3, -0.25) is 9.59 Å². The molecule has 1 saturated heterocycles. The molecule has 4 aromatic carbocycles. The predicted molar refractivity (Wildman–Crippen MR) is 241 cm³/mol. The second-order valence-electron chi connectivity index (χ2n) is 16.6. The first-order valence-electron chi connectivity index (χ1n) is 21.0. The monoisotopic (exact) mass is 910 g/mol. The summed E-state index contributed by atoms with van der Waals surface area (Å²) < 4.78 is 88.4. The van der Waals surface area contributed by atoms with Crippen molar-refractivity contribution in [2.75, 3.05) is 58.6 Å². The Morgan fingerprint density at radius 1 is 0.556 bits per heavy atom. The van der Waals surface area contributed by atoms with E-state index in [1.165, 1.54) is 12.1 Å². The summed E-state index contributed by atoms with van der Waals surface area (Å²) in [6, 6.07) is 28.1. The zero-order valence-electron chi connectivity index (χ0n) is 37.6. The van der Waals surface area contributed by atoms with Crippen LogP contribution in [-0.4, -0.2) is 103 Å². The van der Waals surface area contributed by atoms with Crippen LogP contribution in [0, 0.1) is 0 Å². The Labute approximate surface area is 373 Å². The lowest BCUT2D eigenvalue weighted by Gasteiger charge is -2.36. The maximum atomic E-state index is 13.7. The first kappa shape index (κ1) is 50.8. The van der Waals surface area contributed by atoms with E-state index in [0.29, 0.717) is 39.6 Å². The van der Waals surface area contributed by atoms with Gasteiger partial charge in [0.2, 0.25) is 0 Å². The summed E-state index contributed by atoms with van der Waals surface area (Å²) in [6.07, 6.45) is 0.132. The zero-order valence-corrected chi connectivity index (χ0v) is 39.3. The number of esters is 2. The number of hydrogen-bond donors (Lipinski definition) is 0. The Kier molecular flexibility index (Phi) is 18.3. The third kappa shape index (κ3) is 15.2. The normalized spacial score (nSPS) is 14.2. The highest BCUT2D eigenvalue weighted by Crippen LogP contribution is 2.38. The second-order valence-corrected chi connectivity index (χ2v) is 20.9. The lowest BCUT2D eigenvalue weighted by atomic mass is 9.99. The third-order valence-electron chi connectivity index (χ3n) is 9.47. The molecular weight excluding hydrogens is 849 g/mol. The molecule has 1 aliphatic rings. The van der Waals surface area contributed by atoms with E-state index in [9.17, 15) is 26.4 Å². The molecule has 0 unspecified atom stereocenters. The van der Waals surface area contributed by atoms with Crippen LogP contribution >= 0.6 is 0 Å². The summed E-state index contributed by atoms with van der Waals surface area (Å²) in [5, 5.41) is 0.